The number of carbonyl (C=O) groups is 1. The van der Waals surface area contributed by atoms with Crippen molar-refractivity contribution in [3.05, 3.63) is 84.4 Å². The minimum absolute atomic E-state index is 0.202. The standard InChI is InChI=1S/C22H20N2O3S/c1-2-26-20-11-7-6-10-19(20)21(25)24-22(28)23-16-12-14-18(15-13-16)27-17-8-4-3-5-9-17/h3-15H,2H2,1H3,(H2,23,24,25,28). The van der Waals surface area contributed by atoms with Crippen LogP contribution in [0, 0.1) is 0 Å². The number of para-hydroxylation sites is 2. The topological polar surface area (TPSA) is 59.6 Å². The molecule has 0 radical (unpaired) electrons. The zero-order chi connectivity index (χ0) is 19.8. The van der Waals surface area contributed by atoms with E-state index in [1.54, 1.807) is 18.2 Å². The van der Waals surface area contributed by atoms with Crippen molar-refractivity contribution in [1.29, 1.82) is 0 Å². The molecule has 0 saturated carbocycles. The molecule has 0 fully saturated rings. The lowest BCUT2D eigenvalue weighted by Gasteiger charge is -2.12. The lowest BCUT2D eigenvalue weighted by molar-refractivity contribution is 0.0974. The minimum Gasteiger partial charge on any atom is -0.493 e. The average molecular weight is 392 g/mol. The van der Waals surface area contributed by atoms with Gasteiger partial charge in [0.2, 0.25) is 0 Å². The number of rotatable bonds is 6. The van der Waals surface area contributed by atoms with Crippen molar-refractivity contribution in [2.75, 3.05) is 11.9 Å². The van der Waals surface area contributed by atoms with Gasteiger partial charge in [-0.15, -0.1) is 0 Å². The molecule has 1 amide bonds. The van der Waals surface area contributed by atoms with Gasteiger partial charge in [-0.1, -0.05) is 30.3 Å². The van der Waals surface area contributed by atoms with Crippen LogP contribution in [0.2, 0.25) is 0 Å². The van der Waals surface area contributed by atoms with Crippen molar-refractivity contribution in [3.8, 4) is 17.2 Å². The highest BCUT2D eigenvalue weighted by Gasteiger charge is 2.13. The number of benzene rings is 3. The van der Waals surface area contributed by atoms with Crippen LogP contribution < -0.4 is 20.1 Å². The van der Waals surface area contributed by atoms with E-state index < -0.39 is 0 Å². The molecule has 0 unspecified atom stereocenters. The highest BCUT2D eigenvalue weighted by molar-refractivity contribution is 7.80. The van der Waals surface area contributed by atoms with E-state index >= 15 is 0 Å². The summed E-state index contributed by atoms with van der Waals surface area (Å²) >= 11 is 5.24. The Bertz CT molecular complexity index is 944. The number of ether oxygens (including phenoxy) is 2. The highest BCUT2D eigenvalue weighted by atomic mass is 32.1. The van der Waals surface area contributed by atoms with Crippen molar-refractivity contribution in [2.24, 2.45) is 0 Å². The van der Waals surface area contributed by atoms with Gasteiger partial charge in [-0.05, 0) is 67.7 Å². The Morgan fingerprint density at radius 1 is 0.893 bits per heavy atom. The van der Waals surface area contributed by atoms with Crippen LogP contribution in [-0.4, -0.2) is 17.6 Å². The van der Waals surface area contributed by atoms with Crippen LogP contribution in [-0.2, 0) is 0 Å². The molecular formula is C22H20N2O3S. The van der Waals surface area contributed by atoms with E-state index in [0.717, 1.165) is 11.4 Å². The number of carbonyl (C=O) groups excluding carboxylic acids is 1. The third-order valence-electron chi connectivity index (χ3n) is 3.75. The molecule has 0 heterocycles. The SMILES string of the molecule is CCOc1ccccc1C(=O)NC(=S)Nc1ccc(Oc2ccccc2)cc1. The number of nitrogens with one attached hydrogen (secondary N) is 2. The molecule has 6 heteroatoms. The molecule has 0 aromatic heterocycles. The molecule has 0 bridgehead atoms. The second kappa shape index (κ2) is 9.53. The number of amides is 1. The summed E-state index contributed by atoms with van der Waals surface area (Å²) < 4.78 is 11.2. The molecule has 0 aliphatic rings. The average Bonchev–Trinajstić information content (AvgIpc) is 2.71. The fourth-order valence-electron chi connectivity index (χ4n) is 2.50. The Morgan fingerprint density at radius 3 is 2.25 bits per heavy atom. The van der Waals surface area contributed by atoms with Crippen LogP contribution in [0.5, 0.6) is 17.2 Å². The fourth-order valence-corrected chi connectivity index (χ4v) is 2.71. The van der Waals surface area contributed by atoms with Crippen LogP contribution >= 0.6 is 12.2 Å². The molecule has 0 aliphatic carbocycles. The van der Waals surface area contributed by atoms with Gasteiger partial charge in [0.1, 0.15) is 17.2 Å². The lowest BCUT2D eigenvalue weighted by atomic mass is 10.2. The van der Waals surface area contributed by atoms with Crippen molar-refractivity contribution < 1.29 is 14.3 Å². The monoisotopic (exact) mass is 392 g/mol. The second-order valence-corrected chi connectivity index (χ2v) is 6.19. The molecular weight excluding hydrogens is 372 g/mol. The van der Waals surface area contributed by atoms with Gasteiger partial charge in [0, 0.05) is 5.69 Å². The summed E-state index contributed by atoms with van der Waals surface area (Å²) in [5, 5.41) is 5.86. The van der Waals surface area contributed by atoms with Gasteiger partial charge in [-0.3, -0.25) is 10.1 Å². The summed E-state index contributed by atoms with van der Waals surface area (Å²) in [6.45, 7) is 2.34. The van der Waals surface area contributed by atoms with E-state index in [-0.39, 0.29) is 11.0 Å². The van der Waals surface area contributed by atoms with Crippen LogP contribution in [0.25, 0.3) is 0 Å². The van der Waals surface area contributed by atoms with Gasteiger partial charge in [-0.2, -0.15) is 0 Å². The maximum atomic E-state index is 12.5. The zero-order valence-corrected chi connectivity index (χ0v) is 16.2. The van der Waals surface area contributed by atoms with Gasteiger partial charge in [0.15, 0.2) is 5.11 Å². The van der Waals surface area contributed by atoms with E-state index in [0.29, 0.717) is 23.7 Å². The van der Waals surface area contributed by atoms with Gasteiger partial charge in [0.05, 0.1) is 12.2 Å². The first-order chi connectivity index (χ1) is 13.7. The molecule has 3 rings (SSSR count). The summed E-state index contributed by atoms with van der Waals surface area (Å²) in [5.41, 5.74) is 1.17. The van der Waals surface area contributed by atoms with Crippen LogP contribution in [0.15, 0.2) is 78.9 Å². The summed E-state index contributed by atoms with van der Waals surface area (Å²) in [5.74, 6) is 1.66. The van der Waals surface area contributed by atoms with E-state index in [4.69, 9.17) is 21.7 Å². The Kier molecular flexibility index (Phi) is 6.59. The van der Waals surface area contributed by atoms with E-state index in [1.807, 2.05) is 67.6 Å². The fraction of sp³-hybridized carbons (Fsp3) is 0.0909. The summed E-state index contributed by atoms with van der Waals surface area (Å²) in [4.78, 5) is 12.5. The number of hydrogen-bond acceptors (Lipinski definition) is 4. The quantitative estimate of drug-likeness (QED) is 0.578. The van der Waals surface area contributed by atoms with Gasteiger partial charge in [0.25, 0.3) is 5.91 Å². The zero-order valence-electron chi connectivity index (χ0n) is 15.3. The van der Waals surface area contributed by atoms with Gasteiger partial charge >= 0.3 is 0 Å². The molecule has 5 nitrogen and oxygen atoms in total. The van der Waals surface area contributed by atoms with Crippen molar-refractivity contribution in [1.82, 2.24) is 5.32 Å². The predicted molar refractivity (Wildman–Crippen MR) is 114 cm³/mol. The maximum absolute atomic E-state index is 12.5. The van der Waals surface area contributed by atoms with Crippen LogP contribution in [0.3, 0.4) is 0 Å². The Morgan fingerprint density at radius 2 is 1.54 bits per heavy atom. The third kappa shape index (κ3) is 5.31. The first-order valence-corrected chi connectivity index (χ1v) is 9.23. The number of thiocarbonyl (C=S) groups is 1. The van der Waals surface area contributed by atoms with E-state index in [2.05, 4.69) is 10.6 Å². The number of hydrogen-bond donors (Lipinski definition) is 2. The molecule has 0 spiro atoms. The first kappa shape index (κ1) is 19.4. The van der Waals surface area contributed by atoms with Crippen LogP contribution in [0.1, 0.15) is 17.3 Å². The molecule has 0 saturated heterocycles. The molecule has 0 aliphatic heterocycles. The Labute approximate surface area is 169 Å². The maximum Gasteiger partial charge on any atom is 0.261 e. The van der Waals surface area contributed by atoms with Crippen molar-refractivity contribution >= 4 is 28.9 Å². The first-order valence-electron chi connectivity index (χ1n) is 8.83. The third-order valence-corrected chi connectivity index (χ3v) is 3.95. The minimum atomic E-state index is -0.328. The normalized spacial score (nSPS) is 10.0. The number of anilines is 1. The molecule has 2 N–H and O–H groups in total. The summed E-state index contributed by atoms with van der Waals surface area (Å²) in [7, 11) is 0. The van der Waals surface area contributed by atoms with Gasteiger partial charge < -0.3 is 14.8 Å². The van der Waals surface area contributed by atoms with E-state index in [1.165, 1.54) is 0 Å². The molecule has 142 valence electrons. The molecule has 28 heavy (non-hydrogen) atoms. The van der Waals surface area contributed by atoms with Gasteiger partial charge in [-0.25, -0.2) is 0 Å². The van der Waals surface area contributed by atoms with Crippen molar-refractivity contribution in [2.45, 2.75) is 6.92 Å². The second-order valence-electron chi connectivity index (χ2n) is 5.78. The predicted octanol–water partition coefficient (Wildman–Crippen LogP) is 5.00. The van der Waals surface area contributed by atoms with E-state index in [9.17, 15) is 4.79 Å². The van der Waals surface area contributed by atoms with Crippen molar-refractivity contribution in [3.63, 3.8) is 0 Å². The largest absolute Gasteiger partial charge is 0.493 e. The summed E-state index contributed by atoms with van der Waals surface area (Å²) in [6.07, 6.45) is 0. The Balaban J connectivity index is 1.58. The van der Waals surface area contributed by atoms with Crippen LogP contribution in [0.4, 0.5) is 5.69 Å². The highest BCUT2D eigenvalue weighted by Crippen LogP contribution is 2.22. The lowest BCUT2D eigenvalue weighted by Crippen LogP contribution is -2.34. The molecule has 3 aromatic carbocycles. The summed E-state index contributed by atoms with van der Waals surface area (Å²) in [6, 6.07) is 23.9. The molecule has 0 atom stereocenters. The Hall–Kier alpha value is -3.38. The smallest absolute Gasteiger partial charge is 0.261 e. The molecule has 3 aromatic rings.